The summed E-state index contributed by atoms with van der Waals surface area (Å²) in [5, 5.41) is 4.31. The second-order valence-electron chi connectivity index (χ2n) is 5.17. The van der Waals surface area contributed by atoms with Gasteiger partial charge in [-0.15, -0.1) is 0 Å². The van der Waals surface area contributed by atoms with Crippen LogP contribution in [0, 0.1) is 0 Å². The summed E-state index contributed by atoms with van der Waals surface area (Å²) >= 11 is 9.64. The van der Waals surface area contributed by atoms with E-state index in [0.29, 0.717) is 11.1 Å². The summed E-state index contributed by atoms with van der Waals surface area (Å²) in [6.07, 6.45) is 3.57. The van der Waals surface area contributed by atoms with Gasteiger partial charge in [-0.1, -0.05) is 18.5 Å². The van der Waals surface area contributed by atoms with Crippen LogP contribution >= 0.6 is 27.5 Å². The minimum atomic E-state index is 0.478. The minimum Gasteiger partial charge on any atom is -0.493 e. The Morgan fingerprint density at radius 3 is 2.90 bits per heavy atom. The summed E-state index contributed by atoms with van der Waals surface area (Å²) < 4.78 is 6.36. The summed E-state index contributed by atoms with van der Waals surface area (Å²) in [5.41, 5.74) is 0.974. The first-order valence-electron chi connectivity index (χ1n) is 7.16. The number of rotatable bonds is 4. The van der Waals surface area contributed by atoms with Gasteiger partial charge in [-0.05, 0) is 60.4 Å². The molecule has 1 aromatic rings. The van der Waals surface area contributed by atoms with Crippen molar-refractivity contribution in [3.8, 4) is 5.75 Å². The average Bonchev–Trinajstić information content (AvgIpc) is 2.63. The van der Waals surface area contributed by atoms with Gasteiger partial charge in [0.15, 0.2) is 5.75 Å². The summed E-state index contributed by atoms with van der Waals surface area (Å²) in [6.45, 7) is 5.72. The number of anilines is 1. The topological polar surface area (TPSA) is 24.5 Å². The van der Waals surface area contributed by atoms with Gasteiger partial charge in [0.2, 0.25) is 0 Å². The molecule has 2 rings (SSSR count). The Hall–Kier alpha value is -0.450. The van der Waals surface area contributed by atoms with Gasteiger partial charge in [0.25, 0.3) is 0 Å². The molecule has 1 unspecified atom stereocenters. The molecule has 0 aromatic heterocycles. The number of ether oxygens (including phenoxy) is 1. The summed E-state index contributed by atoms with van der Waals surface area (Å²) in [7, 11) is 1.69. The smallest absolute Gasteiger partial charge is 0.156 e. The monoisotopic (exact) mass is 360 g/mol. The first-order valence-corrected chi connectivity index (χ1v) is 8.33. The quantitative estimate of drug-likeness (QED) is 0.860. The number of benzene rings is 1. The molecule has 1 aliphatic heterocycles. The van der Waals surface area contributed by atoms with Crippen LogP contribution < -0.4 is 10.1 Å². The fourth-order valence-electron chi connectivity index (χ4n) is 2.71. The number of methoxy groups -OCH3 is 1. The molecule has 0 aliphatic carbocycles. The molecule has 1 fully saturated rings. The maximum Gasteiger partial charge on any atom is 0.156 e. The first-order chi connectivity index (χ1) is 9.63. The predicted molar refractivity (Wildman–Crippen MR) is 89.1 cm³/mol. The van der Waals surface area contributed by atoms with E-state index in [0.717, 1.165) is 35.4 Å². The SMILES string of the molecule is CCN1CCCC(Nc2cc(Cl)cc(Br)c2OC)CC1. The lowest BCUT2D eigenvalue weighted by molar-refractivity contribution is 0.300. The van der Waals surface area contributed by atoms with Gasteiger partial charge in [0, 0.05) is 17.6 Å². The maximum atomic E-state index is 6.14. The fourth-order valence-corrected chi connectivity index (χ4v) is 3.68. The van der Waals surface area contributed by atoms with E-state index in [1.54, 1.807) is 7.11 Å². The van der Waals surface area contributed by atoms with E-state index in [1.807, 2.05) is 12.1 Å². The number of nitrogens with one attached hydrogen (secondary N) is 1. The number of hydrogen-bond acceptors (Lipinski definition) is 3. The standard InChI is InChI=1S/C15H22BrClN2O/c1-3-19-7-4-5-12(6-8-19)18-14-10-11(17)9-13(16)15(14)20-2/h9-10,12,18H,3-8H2,1-2H3. The Balaban J connectivity index is 2.09. The van der Waals surface area contributed by atoms with Crippen molar-refractivity contribution < 1.29 is 4.74 Å². The number of likely N-dealkylation sites (tertiary alicyclic amines) is 1. The molecule has 1 aliphatic rings. The molecule has 0 spiro atoms. The van der Waals surface area contributed by atoms with Gasteiger partial charge >= 0.3 is 0 Å². The molecule has 0 amide bonds. The zero-order valence-corrected chi connectivity index (χ0v) is 14.4. The van der Waals surface area contributed by atoms with E-state index in [1.165, 1.54) is 19.4 Å². The van der Waals surface area contributed by atoms with Crippen molar-refractivity contribution in [3.05, 3.63) is 21.6 Å². The van der Waals surface area contributed by atoms with E-state index >= 15 is 0 Å². The van der Waals surface area contributed by atoms with E-state index < -0.39 is 0 Å². The molecular weight excluding hydrogens is 340 g/mol. The highest BCUT2D eigenvalue weighted by molar-refractivity contribution is 9.10. The molecule has 1 N–H and O–H groups in total. The Labute approximate surface area is 134 Å². The summed E-state index contributed by atoms with van der Waals surface area (Å²) in [5.74, 6) is 0.825. The molecule has 0 bridgehead atoms. The molecule has 1 aromatic carbocycles. The van der Waals surface area contributed by atoms with Crippen LogP contribution in [0.5, 0.6) is 5.75 Å². The third-order valence-corrected chi connectivity index (χ3v) is 4.65. The van der Waals surface area contributed by atoms with E-state index in [4.69, 9.17) is 16.3 Å². The normalized spacial score (nSPS) is 20.5. The van der Waals surface area contributed by atoms with Gasteiger partial charge in [-0.3, -0.25) is 0 Å². The molecule has 5 heteroatoms. The second-order valence-corrected chi connectivity index (χ2v) is 6.47. The van der Waals surface area contributed by atoms with Crippen LogP contribution in [0.4, 0.5) is 5.69 Å². The zero-order valence-electron chi connectivity index (χ0n) is 12.1. The molecular formula is C15H22BrClN2O. The molecule has 0 radical (unpaired) electrons. The largest absolute Gasteiger partial charge is 0.493 e. The number of hydrogen-bond donors (Lipinski definition) is 1. The molecule has 1 heterocycles. The average molecular weight is 362 g/mol. The van der Waals surface area contributed by atoms with Crippen molar-refractivity contribution in [1.29, 1.82) is 0 Å². The summed E-state index contributed by atoms with van der Waals surface area (Å²) in [6, 6.07) is 4.27. The van der Waals surface area contributed by atoms with Crippen LogP contribution in [0.2, 0.25) is 5.02 Å². The molecule has 1 saturated heterocycles. The van der Waals surface area contributed by atoms with Gasteiger partial charge in [-0.25, -0.2) is 0 Å². The zero-order chi connectivity index (χ0) is 14.5. The van der Waals surface area contributed by atoms with E-state index in [-0.39, 0.29) is 0 Å². The third kappa shape index (κ3) is 4.03. The second kappa shape index (κ2) is 7.53. The molecule has 3 nitrogen and oxygen atoms in total. The lowest BCUT2D eigenvalue weighted by Gasteiger charge is -2.21. The minimum absolute atomic E-state index is 0.478. The highest BCUT2D eigenvalue weighted by Gasteiger charge is 2.18. The van der Waals surface area contributed by atoms with Crippen LogP contribution in [-0.2, 0) is 0 Å². The molecule has 1 atom stereocenters. The van der Waals surface area contributed by atoms with Crippen LogP contribution in [0.15, 0.2) is 16.6 Å². The van der Waals surface area contributed by atoms with Crippen molar-refractivity contribution in [2.75, 3.05) is 32.1 Å². The van der Waals surface area contributed by atoms with Crippen LogP contribution in [0.3, 0.4) is 0 Å². The first kappa shape index (κ1) is 15.9. The Bertz CT molecular complexity index is 456. The van der Waals surface area contributed by atoms with Crippen molar-refractivity contribution >= 4 is 33.2 Å². The maximum absolute atomic E-state index is 6.14. The van der Waals surface area contributed by atoms with Gasteiger partial charge in [0.05, 0.1) is 17.3 Å². The van der Waals surface area contributed by atoms with Crippen LogP contribution in [0.1, 0.15) is 26.2 Å². The molecule has 0 saturated carbocycles. The van der Waals surface area contributed by atoms with E-state index in [9.17, 15) is 0 Å². The van der Waals surface area contributed by atoms with E-state index in [2.05, 4.69) is 33.1 Å². The van der Waals surface area contributed by atoms with Gasteiger partial charge < -0.3 is 15.0 Å². The van der Waals surface area contributed by atoms with Crippen molar-refractivity contribution in [2.45, 2.75) is 32.2 Å². The van der Waals surface area contributed by atoms with Crippen LogP contribution in [-0.4, -0.2) is 37.7 Å². The van der Waals surface area contributed by atoms with Gasteiger partial charge in [0.1, 0.15) is 0 Å². The Morgan fingerprint density at radius 2 is 2.20 bits per heavy atom. The number of halogens is 2. The third-order valence-electron chi connectivity index (χ3n) is 3.84. The van der Waals surface area contributed by atoms with Crippen LogP contribution in [0.25, 0.3) is 0 Å². The lowest BCUT2D eigenvalue weighted by Crippen LogP contribution is -2.26. The molecule has 20 heavy (non-hydrogen) atoms. The lowest BCUT2D eigenvalue weighted by atomic mass is 10.1. The van der Waals surface area contributed by atoms with Gasteiger partial charge in [-0.2, -0.15) is 0 Å². The molecule has 112 valence electrons. The Kier molecular flexibility index (Phi) is 6.00. The fraction of sp³-hybridized carbons (Fsp3) is 0.600. The Morgan fingerprint density at radius 1 is 1.40 bits per heavy atom. The highest BCUT2D eigenvalue weighted by atomic mass is 79.9. The van der Waals surface area contributed by atoms with Crippen molar-refractivity contribution in [3.63, 3.8) is 0 Å². The predicted octanol–water partition coefficient (Wildman–Crippen LogP) is 4.40. The summed E-state index contributed by atoms with van der Waals surface area (Å²) in [4.78, 5) is 2.51. The van der Waals surface area contributed by atoms with Crippen molar-refractivity contribution in [2.24, 2.45) is 0 Å². The highest BCUT2D eigenvalue weighted by Crippen LogP contribution is 2.37. The van der Waals surface area contributed by atoms with Crippen molar-refractivity contribution in [1.82, 2.24) is 4.90 Å². The number of nitrogens with zero attached hydrogens (tertiary/aromatic N) is 1.